The largest absolute Gasteiger partial charge is 0.488 e. The quantitative estimate of drug-likeness (QED) is 0.560. The van der Waals surface area contributed by atoms with Crippen molar-refractivity contribution < 1.29 is 9.84 Å². The number of rotatable bonds is 5. The smallest absolute Gasteiger partial charge is 0.132 e. The van der Waals surface area contributed by atoms with Crippen LogP contribution in [-0.2, 0) is 0 Å². The molecular weight excluding hydrogens is 330 g/mol. The zero-order valence-electron chi connectivity index (χ0n) is 14.8. The molecule has 1 saturated heterocycles. The highest BCUT2D eigenvalue weighted by Crippen LogP contribution is 2.40. The second-order valence-corrected chi connectivity index (χ2v) is 7.33. The standard InChI is InChI=1S/C19H23N5O2/c1-19(5-6-19)26-13-2-3-15(20)14(8-13)18(21)16-9-17(23-11-22-16)24-7-4-12(25)10-24/h2-3,8-9,11-12,21,25H,4-7,10,20H2,1H3/t12-/m1/s1. The lowest BCUT2D eigenvalue weighted by molar-refractivity contribution is 0.198. The molecule has 7 heteroatoms. The topological polar surface area (TPSA) is 108 Å². The molecule has 4 rings (SSSR count). The fourth-order valence-electron chi connectivity index (χ4n) is 3.12. The van der Waals surface area contributed by atoms with Gasteiger partial charge in [-0.2, -0.15) is 0 Å². The summed E-state index contributed by atoms with van der Waals surface area (Å²) in [6, 6.07) is 7.19. The lowest BCUT2D eigenvalue weighted by Gasteiger charge is -2.18. The Kier molecular flexibility index (Phi) is 4.03. The summed E-state index contributed by atoms with van der Waals surface area (Å²) in [5.41, 5.74) is 7.85. The van der Waals surface area contributed by atoms with Crippen LogP contribution in [0, 0.1) is 5.41 Å². The maximum absolute atomic E-state index is 9.72. The number of benzene rings is 1. The summed E-state index contributed by atoms with van der Waals surface area (Å²) in [4.78, 5) is 10.5. The number of aromatic nitrogens is 2. The average molecular weight is 353 g/mol. The maximum atomic E-state index is 9.72. The summed E-state index contributed by atoms with van der Waals surface area (Å²) >= 11 is 0. The van der Waals surface area contributed by atoms with Gasteiger partial charge in [0.2, 0.25) is 0 Å². The fourth-order valence-corrected chi connectivity index (χ4v) is 3.12. The van der Waals surface area contributed by atoms with Crippen molar-refractivity contribution in [2.75, 3.05) is 23.7 Å². The number of ether oxygens (including phenoxy) is 1. The van der Waals surface area contributed by atoms with Gasteiger partial charge in [-0.25, -0.2) is 9.97 Å². The molecule has 2 aliphatic rings. The number of nitrogen functional groups attached to an aromatic ring is 1. The molecule has 1 aromatic heterocycles. The Hall–Kier alpha value is -2.67. The Balaban J connectivity index is 1.60. The summed E-state index contributed by atoms with van der Waals surface area (Å²) in [7, 11) is 0. The molecule has 0 spiro atoms. The molecular formula is C19H23N5O2. The van der Waals surface area contributed by atoms with Gasteiger partial charge in [-0.05, 0) is 44.4 Å². The van der Waals surface area contributed by atoms with E-state index in [1.165, 1.54) is 6.33 Å². The lowest BCUT2D eigenvalue weighted by atomic mass is 10.0. The maximum Gasteiger partial charge on any atom is 0.132 e. The van der Waals surface area contributed by atoms with Crippen molar-refractivity contribution in [3.63, 3.8) is 0 Å². The third-order valence-electron chi connectivity index (χ3n) is 5.01. The van der Waals surface area contributed by atoms with Crippen molar-refractivity contribution in [3.8, 4) is 5.75 Å². The first-order valence-corrected chi connectivity index (χ1v) is 8.86. The van der Waals surface area contributed by atoms with Crippen molar-refractivity contribution in [2.45, 2.75) is 37.9 Å². The zero-order valence-corrected chi connectivity index (χ0v) is 14.8. The number of aliphatic hydroxyl groups excluding tert-OH is 1. The lowest BCUT2D eigenvalue weighted by Crippen LogP contribution is -2.23. The van der Waals surface area contributed by atoms with Crippen LogP contribution in [0.1, 0.15) is 37.4 Å². The van der Waals surface area contributed by atoms with Gasteiger partial charge in [0.05, 0.1) is 17.5 Å². The first-order chi connectivity index (χ1) is 12.4. The normalized spacial score (nSPS) is 20.8. The van der Waals surface area contributed by atoms with E-state index in [9.17, 15) is 5.11 Å². The molecule has 1 saturated carbocycles. The Morgan fingerprint density at radius 1 is 1.35 bits per heavy atom. The average Bonchev–Trinajstić information content (AvgIpc) is 3.19. The Labute approximate surface area is 152 Å². The van der Waals surface area contributed by atoms with Crippen LogP contribution in [-0.4, -0.2) is 45.6 Å². The Bertz CT molecular complexity index is 850. The highest BCUT2D eigenvalue weighted by Gasteiger charge is 2.40. The molecule has 0 amide bonds. The molecule has 7 nitrogen and oxygen atoms in total. The molecule has 1 atom stereocenters. The van der Waals surface area contributed by atoms with E-state index in [2.05, 4.69) is 16.9 Å². The van der Waals surface area contributed by atoms with Crippen LogP contribution in [0.25, 0.3) is 0 Å². The number of hydrogen-bond acceptors (Lipinski definition) is 7. The van der Waals surface area contributed by atoms with Crippen molar-refractivity contribution in [1.29, 1.82) is 5.41 Å². The number of nitrogens with zero attached hydrogens (tertiary/aromatic N) is 3. The summed E-state index contributed by atoms with van der Waals surface area (Å²) in [5.74, 6) is 1.43. The van der Waals surface area contributed by atoms with Crippen molar-refractivity contribution in [3.05, 3.63) is 41.9 Å². The van der Waals surface area contributed by atoms with Gasteiger partial charge in [0.25, 0.3) is 0 Å². The monoisotopic (exact) mass is 353 g/mol. The second-order valence-electron chi connectivity index (χ2n) is 7.33. The van der Waals surface area contributed by atoms with Crippen molar-refractivity contribution >= 4 is 17.2 Å². The fraction of sp³-hybridized carbons (Fsp3) is 0.421. The van der Waals surface area contributed by atoms with E-state index in [0.717, 1.165) is 31.6 Å². The molecule has 136 valence electrons. The van der Waals surface area contributed by atoms with E-state index >= 15 is 0 Å². The zero-order chi connectivity index (χ0) is 18.3. The second kappa shape index (κ2) is 6.25. The first kappa shape index (κ1) is 16.8. The number of nitrogens with one attached hydrogen (secondary N) is 1. The number of anilines is 2. The van der Waals surface area contributed by atoms with E-state index in [4.69, 9.17) is 15.9 Å². The van der Waals surface area contributed by atoms with Gasteiger partial charge in [-0.3, -0.25) is 5.41 Å². The van der Waals surface area contributed by atoms with Gasteiger partial charge in [-0.15, -0.1) is 0 Å². The SMILES string of the molecule is CC1(Oc2ccc(N)c(C(=N)c3cc(N4CC[C@@H](O)C4)ncn3)c2)CC1. The molecule has 1 aliphatic carbocycles. The minimum absolute atomic E-state index is 0.0890. The van der Waals surface area contributed by atoms with E-state index in [-0.39, 0.29) is 17.4 Å². The number of β-amino-alcohol motifs (C(OH)–C–C–N with tert-alkyl or cyclic N) is 1. The number of hydrogen-bond donors (Lipinski definition) is 3. The minimum atomic E-state index is -0.332. The molecule has 26 heavy (non-hydrogen) atoms. The molecule has 0 bridgehead atoms. The Morgan fingerprint density at radius 2 is 2.15 bits per heavy atom. The van der Waals surface area contributed by atoms with Crippen LogP contribution in [0.15, 0.2) is 30.6 Å². The highest BCUT2D eigenvalue weighted by atomic mass is 16.5. The number of aliphatic hydroxyl groups is 1. The van der Waals surface area contributed by atoms with Crippen LogP contribution in [0.2, 0.25) is 0 Å². The molecule has 2 heterocycles. The summed E-state index contributed by atoms with van der Waals surface area (Å²) in [5, 5.41) is 18.3. The first-order valence-electron chi connectivity index (χ1n) is 8.86. The van der Waals surface area contributed by atoms with Crippen molar-refractivity contribution in [2.24, 2.45) is 0 Å². The van der Waals surface area contributed by atoms with Gasteiger partial charge in [-0.1, -0.05) is 0 Å². The van der Waals surface area contributed by atoms with E-state index in [1.54, 1.807) is 12.1 Å². The van der Waals surface area contributed by atoms with E-state index in [1.807, 2.05) is 17.0 Å². The summed E-state index contributed by atoms with van der Waals surface area (Å²) in [6.07, 6.45) is 3.93. The Morgan fingerprint density at radius 3 is 2.85 bits per heavy atom. The molecule has 2 aromatic rings. The predicted octanol–water partition coefficient (Wildman–Crippen LogP) is 1.98. The summed E-state index contributed by atoms with van der Waals surface area (Å²) < 4.78 is 5.99. The van der Waals surface area contributed by atoms with Crippen LogP contribution >= 0.6 is 0 Å². The summed E-state index contributed by atoms with van der Waals surface area (Å²) in [6.45, 7) is 3.37. The van der Waals surface area contributed by atoms with Crippen LogP contribution in [0.5, 0.6) is 5.75 Å². The molecule has 1 aromatic carbocycles. The van der Waals surface area contributed by atoms with Crippen LogP contribution in [0.3, 0.4) is 0 Å². The van der Waals surface area contributed by atoms with Crippen molar-refractivity contribution in [1.82, 2.24) is 9.97 Å². The van der Waals surface area contributed by atoms with Gasteiger partial charge < -0.3 is 20.5 Å². The predicted molar refractivity (Wildman–Crippen MR) is 99.9 cm³/mol. The van der Waals surface area contributed by atoms with E-state index in [0.29, 0.717) is 29.3 Å². The molecule has 4 N–H and O–H groups in total. The van der Waals surface area contributed by atoms with Crippen LogP contribution in [0.4, 0.5) is 11.5 Å². The van der Waals surface area contributed by atoms with Gasteiger partial charge in [0, 0.05) is 30.4 Å². The minimum Gasteiger partial charge on any atom is -0.488 e. The van der Waals surface area contributed by atoms with Gasteiger partial charge in [0.1, 0.15) is 23.5 Å². The molecule has 2 fully saturated rings. The third kappa shape index (κ3) is 3.35. The van der Waals surface area contributed by atoms with Gasteiger partial charge >= 0.3 is 0 Å². The van der Waals surface area contributed by atoms with E-state index < -0.39 is 0 Å². The molecule has 0 radical (unpaired) electrons. The highest BCUT2D eigenvalue weighted by molar-refractivity contribution is 6.13. The van der Waals surface area contributed by atoms with Crippen LogP contribution < -0.4 is 15.4 Å². The molecule has 1 aliphatic heterocycles. The third-order valence-corrected chi connectivity index (χ3v) is 5.01. The van der Waals surface area contributed by atoms with Gasteiger partial charge in [0.15, 0.2) is 0 Å². The molecule has 0 unspecified atom stereocenters. The number of nitrogens with two attached hydrogens (primary N) is 1.